The molecule has 2 rings (SSSR count). The van der Waals surface area contributed by atoms with Gasteiger partial charge in [-0.25, -0.2) is 9.59 Å². The van der Waals surface area contributed by atoms with Gasteiger partial charge in [0, 0.05) is 19.6 Å². The predicted octanol–water partition coefficient (Wildman–Crippen LogP) is 2.76. The predicted molar refractivity (Wildman–Crippen MR) is 160 cm³/mol. The van der Waals surface area contributed by atoms with Gasteiger partial charge in [-0.15, -0.1) is 0 Å². The van der Waals surface area contributed by atoms with Gasteiger partial charge in [0.2, 0.25) is 0 Å². The summed E-state index contributed by atoms with van der Waals surface area (Å²) in [6.45, 7) is 6.90. The zero-order valence-electron chi connectivity index (χ0n) is 25.4. The minimum atomic E-state index is -0.761. The van der Waals surface area contributed by atoms with Crippen LogP contribution in [0.4, 0.5) is 9.59 Å². The van der Waals surface area contributed by atoms with Crippen molar-refractivity contribution in [2.24, 2.45) is 5.73 Å². The van der Waals surface area contributed by atoms with E-state index in [9.17, 15) is 14.7 Å². The fourth-order valence-electron chi connectivity index (χ4n) is 3.46. The van der Waals surface area contributed by atoms with Crippen LogP contribution in [0.25, 0.3) is 0 Å². The van der Waals surface area contributed by atoms with Crippen molar-refractivity contribution in [2.75, 3.05) is 52.7 Å². The number of ether oxygens (including phenoxy) is 6. The lowest BCUT2D eigenvalue weighted by molar-refractivity contribution is -0.100. The summed E-state index contributed by atoms with van der Waals surface area (Å²) in [5.74, 6) is 0. The highest BCUT2D eigenvalue weighted by Gasteiger charge is 2.18. The van der Waals surface area contributed by atoms with Gasteiger partial charge in [-0.3, -0.25) is 0 Å². The maximum Gasteiger partial charge on any atom is 0.407 e. The Morgan fingerprint density at radius 3 is 1.70 bits per heavy atom. The number of benzene rings is 2. The molecule has 12 heteroatoms. The Balaban J connectivity index is 1.84. The molecule has 0 radical (unpaired) electrons. The third kappa shape index (κ3) is 18.1. The van der Waals surface area contributed by atoms with Crippen LogP contribution >= 0.6 is 0 Å². The molecule has 0 aliphatic heterocycles. The van der Waals surface area contributed by atoms with E-state index in [-0.39, 0.29) is 52.7 Å². The largest absolute Gasteiger partial charge is 0.447 e. The lowest BCUT2D eigenvalue weighted by atomic mass is 10.2. The molecule has 0 aliphatic carbocycles. The van der Waals surface area contributed by atoms with Crippen LogP contribution in [-0.2, 0) is 41.6 Å². The standard InChI is InChI=1S/C31H47N3O9/c1-31(2,3)43-30(37)34-15-14-33-29(36)42-23-28(41-18-25-12-8-5-9-13-25)22-39-21-27(20-38-19-26(35)16-32)40-17-24-10-6-4-7-11-24/h4-13,26-28,35H,14-23,32H2,1-3H3,(H,33,36)(H,34,37). The van der Waals surface area contributed by atoms with Gasteiger partial charge in [0.05, 0.1) is 45.7 Å². The summed E-state index contributed by atoms with van der Waals surface area (Å²) in [5.41, 5.74) is 6.81. The molecule has 0 heterocycles. The van der Waals surface area contributed by atoms with Gasteiger partial charge < -0.3 is 49.9 Å². The highest BCUT2D eigenvalue weighted by molar-refractivity contribution is 5.68. The first-order valence-electron chi connectivity index (χ1n) is 14.4. The third-order valence-corrected chi connectivity index (χ3v) is 5.61. The summed E-state index contributed by atoms with van der Waals surface area (Å²) in [4.78, 5) is 24.0. The SMILES string of the molecule is CC(C)(C)OC(=O)NCCNC(=O)OCC(COCC(COCC(O)CN)OCc1ccccc1)OCc1ccccc1. The number of alkyl carbamates (subject to hydrolysis) is 2. The molecule has 0 saturated heterocycles. The van der Waals surface area contributed by atoms with Crippen molar-refractivity contribution in [1.82, 2.24) is 10.6 Å². The summed E-state index contributed by atoms with van der Waals surface area (Å²) in [6, 6.07) is 19.3. The first kappa shape index (κ1) is 35.9. The van der Waals surface area contributed by atoms with Crippen molar-refractivity contribution in [3.8, 4) is 0 Å². The molecule has 0 saturated carbocycles. The maximum atomic E-state index is 12.3. The van der Waals surface area contributed by atoms with Gasteiger partial charge in [-0.2, -0.15) is 0 Å². The zero-order valence-corrected chi connectivity index (χ0v) is 25.4. The third-order valence-electron chi connectivity index (χ3n) is 5.61. The number of hydrogen-bond acceptors (Lipinski definition) is 10. The van der Waals surface area contributed by atoms with Crippen molar-refractivity contribution >= 4 is 12.2 Å². The second kappa shape index (κ2) is 20.6. The lowest BCUT2D eigenvalue weighted by Gasteiger charge is -2.22. The number of nitrogens with one attached hydrogen (secondary N) is 2. The number of aliphatic hydroxyl groups is 1. The van der Waals surface area contributed by atoms with Crippen LogP contribution in [-0.4, -0.2) is 93.9 Å². The second-order valence-corrected chi connectivity index (χ2v) is 10.8. The van der Waals surface area contributed by atoms with E-state index in [0.29, 0.717) is 13.2 Å². The summed E-state index contributed by atoms with van der Waals surface area (Å²) in [6.07, 6.45) is -2.98. The van der Waals surface area contributed by atoms with Gasteiger partial charge in [-0.05, 0) is 31.9 Å². The van der Waals surface area contributed by atoms with Gasteiger partial charge in [-0.1, -0.05) is 60.7 Å². The number of nitrogens with two attached hydrogens (primary N) is 1. The molecule has 0 aliphatic rings. The number of aliphatic hydroxyl groups excluding tert-OH is 1. The molecule has 2 aromatic carbocycles. The molecule has 2 amide bonds. The Hall–Kier alpha value is -3.26. The zero-order chi connectivity index (χ0) is 31.3. The van der Waals surface area contributed by atoms with Crippen LogP contribution in [0.3, 0.4) is 0 Å². The number of amides is 2. The second-order valence-electron chi connectivity index (χ2n) is 10.8. The first-order chi connectivity index (χ1) is 20.6. The molecule has 240 valence electrons. The Kier molecular flexibility index (Phi) is 17.2. The van der Waals surface area contributed by atoms with Crippen LogP contribution in [0.15, 0.2) is 60.7 Å². The molecule has 43 heavy (non-hydrogen) atoms. The molecule has 0 bridgehead atoms. The summed E-state index contributed by atoms with van der Waals surface area (Å²) >= 11 is 0. The number of carbonyl (C=O) groups is 2. The summed E-state index contributed by atoms with van der Waals surface area (Å²) in [7, 11) is 0. The Morgan fingerprint density at radius 2 is 1.21 bits per heavy atom. The lowest BCUT2D eigenvalue weighted by Crippen LogP contribution is -2.39. The van der Waals surface area contributed by atoms with Crippen LogP contribution in [0.1, 0.15) is 31.9 Å². The first-order valence-corrected chi connectivity index (χ1v) is 14.4. The number of hydrogen-bond donors (Lipinski definition) is 4. The average molecular weight is 606 g/mol. The van der Waals surface area contributed by atoms with E-state index >= 15 is 0 Å². The Morgan fingerprint density at radius 1 is 0.744 bits per heavy atom. The number of carbonyl (C=O) groups excluding carboxylic acids is 2. The average Bonchev–Trinajstić information content (AvgIpc) is 2.98. The Labute approximate surface area is 254 Å². The maximum absolute atomic E-state index is 12.3. The topological polar surface area (TPSA) is 160 Å². The fraction of sp³-hybridized carbons (Fsp3) is 0.548. The van der Waals surface area contributed by atoms with Gasteiger partial charge in [0.25, 0.3) is 0 Å². The molecule has 12 nitrogen and oxygen atoms in total. The summed E-state index contributed by atoms with van der Waals surface area (Å²) < 4.78 is 34.0. The van der Waals surface area contributed by atoms with Crippen molar-refractivity contribution in [1.29, 1.82) is 0 Å². The van der Waals surface area contributed by atoms with Gasteiger partial charge in [0.1, 0.15) is 24.4 Å². The van der Waals surface area contributed by atoms with E-state index in [1.54, 1.807) is 20.8 Å². The van der Waals surface area contributed by atoms with Crippen LogP contribution in [0.2, 0.25) is 0 Å². The van der Waals surface area contributed by atoms with Crippen molar-refractivity contribution in [2.45, 2.75) is 57.9 Å². The molecule has 5 N–H and O–H groups in total. The van der Waals surface area contributed by atoms with Crippen molar-refractivity contribution in [3.63, 3.8) is 0 Å². The molecular formula is C31H47N3O9. The van der Waals surface area contributed by atoms with Gasteiger partial charge in [0.15, 0.2) is 0 Å². The van der Waals surface area contributed by atoms with E-state index < -0.39 is 36.1 Å². The normalized spacial score (nSPS) is 13.5. The molecule has 0 fully saturated rings. The quantitative estimate of drug-likeness (QED) is 0.165. The minimum Gasteiger partial charge on any atom is -0.447 e. The van der Waals surface area contributed by atoms with Crippen molar-refractivity contribution in [3.05, 3.63) is 71.8 Å². The molecule has 2 aromatic rings. The van der Waals surface area contributed by atoms with Gasteiger partial charge >= 0.3 is 12.2 Å². The number of rotatable bonds is 20. The minimum absolute atomic E-state index is 0.0626. The van der Waals surface area contributed by atoms with E-state index in [2.05, 4.69) is 10.6 Å². The molecule has 0 spiro atoms. The molecular weight excluding hydrogens is 558 g/mol. The summed E-state index contributed by atoms with van der Waals surface area (Å²) in [5, 5.41) is 14.9. The molecule has 0 aromatic heterocycles. The van der Waals surface area contributed by atoms with E-state index in [0.717, 1.165) is 11.1 Å². The Bertz CT molecular complexity index is 1020. The van der Waals surface area contributed by atoms with E-state index in [1.165, 1.54) is 0 Å². The van der Waals surface area contributed by atoms with Crippen molar-refractivity contribution < 1.29 is 43.1 Å². The highest BCUT2D eigenvalue weighted by atomic mass is 16.6. The van der Waals surface area contributed by atoms with Crippen LogP contribution in [0.5, 0.6) is 0 Å². The van der Waals surface area contributed by atoms with Crippen LogP contribution in [0, 0.1) is 0 Å². The highest BCUT2D eigenvalue weighted by Crippen LogP contribution is 2.09. The van der Waals surface area contributed by atoms with E-state index in [1.807, 2.05) is 60.7 Å². The molecule has 3 atom stereocenters. The van der Waals surface area contributed by atoms with E-state index in [4.69, 9.17) is 34.2 Å². The van der Waals surface area contributed by atoms with Crippen LogP contribution < -0.4 is 16.4 Å². The monoisotopic (exact) mass is 605 g/mol. The fourth-order valence-corrected chi connectivity index (χ4v) is 3.46. The smallest absolute Gasteiger partial charge is 0.407 e. The molecule has 3 unspecified atom stereocenters.